The van der Waals surface area contributed by atoms with Crippen molar-refractivity contribution < 1.29 is 5.11 Å². The second-order valence-electron chi connectivity index (χ2n) is 5.18. The topological polar surface area (TPSA) is 25.2 Å². The van der Waals surface area contributed by atoms with Crippen molar-refractivity contribution in [3.05, 3.63) is 35.5 Å². The third-order valence-electron chi connectivity index (χ3n) is 3.21. The molecule has 1 aromatic carbocycles. The predicted molar refractivity (Wildman–Crippen MR) is 72.4 cm³/mol. The third-order valence-corrected chi connectivity index (χ3v) is 3.21. The molecule has 0 fully saturated rings. The van der Waals surface area contributed by atoms with Gasteiger partial charge >= 0.3 is 0 Å². The van der Waals surface area contributed by atoms with Gasteiger partial charge in [0, 0.05) is 23.1 Å². The molecule has 1 unspecified atom stereocenters. The zero-order chi connectivity index (χ0) is 12.6. The van der Waals surface area contributed by atoms with E-state index in [4.69, 9.17) is 0 Å². The first-order valence-electron chi connectivity index (χ1n) is 6.27. The first-order valence-corrected chi connectivity index (χ1v) is 6.27. The van der Waals surface area contributed by atoms with Crippen molar-refractivity contribution in [1.29, 1.82) is 0 Å². The monoisotopic (exact) mass is 231 g/mol. The summed E-state index contributed by atoms with van der Waals surface area (Å²) >= 11 is 0. The lowest BCUT2D eigenvalue weighted by Gasteiger charge is -2.11. The van der Waals surface area contributed by atoms with Crippen LogP contribution in [0.1, 0.15) is 37.9 Å². The van der Waals surface area contributed by atoms with Crippen molar-refractivity contribution in [3.63, 3.8) is 0 Å². The molecular formula is C15H21NO. The molecule has 92 valence electrons. The Morgan fingerprint density at radius 3 is 2.53 bits per heavy atom. The molecular weight excluding hydrogens is 210 g/mol. The molecule has 1 N–H and O–H groups in total. The fourth-order valence-corrected chi connectivity index (χ4v) is 2.52. The van der Waals surface area contributed by atoms with E-state index in [2.05, 4.69) is 49.7 Å². The maximum atomic E-state index is 9.57. The smallest absolute Gasteiger partial charge is 0.0552 e. The molecule has 17 heavy (non-hydrogen) atoms. The van der Waals surface area contributed by atoms with E-state index >= 15 is 0 Å². The molecule has 2 heteroatoms. The molecule has 0 amide bonds. The molecule has 0 saturated carbocycles. The standard InChI is InChI=1S/C15H21NO/c1-10(2)16-9-11(3)15-13(8-12(4)17)6-5-7-14(15)16/h5-7,9-10,12,17H,8H2,1-4H3. The number of fused-ring (bicyclic) bond motifs is 1. The summed E-state index contributed by atoms with van der Waals surface area (Å²) < 4.78 is 2.30. The van der Waals surface area contributed by atoms with E-state index in [1.807, 2.05) is 6.92 Å². The van der Waals surface area contributed by atoms with Gasteiger partial charge in [-0.3, -0.25) is 0 Å². The highest BCUT2D eigenvalue weighted by Gasteiger charge is 2.12. The molecule has 0 aliphatic rings. The Kier molecular flexibility index (Phi) is 3.25. The van der Waals surface area contributed by atoms with Crippen LogP contribution in [-0.4, -0.2) is 15.8 Å². The van der Waals surface area contributed by atoms with E-state index in [-0.39, 0.29) is 6.10 Å². The molecule has 1 aromatic heterocycles. The van der Waals surface area contributed by atoms with E-state index in [0.717, 1.165) is 6.42 Å². The van der Waals surface area contributed by atoms with Crippen LogP contribution >= 0.6 is 0 Å². The maximum Gasteiger partial charge on any atom is 0.0552 e. The first kappa shape index (κ1) is 12.2. The van der Waals surface area contributed by atoms with Crippen LogP contribution in [0.2, 0.25) is 0 Å². The summed E-state index contributed by atoms with van der Waals surface area (Å²) in [5.74, 6) is 0. The molecule has 2 nitrogen and oxygen atoms in total. The summed E-state index contributed by atoms with van der Waals surface area (Å²) in [4.78, 5) is 0. The first-order chi connectivity index (χ1) is 8.00. The van der Waals surface area contributed by atoms with E-state index in [1.165, 1.54) is 22.0 Å². The second-order valence-corrected chi connectivity index (χ2v) is 5.18. The Morgan fingerprint density at radius 1 is 1.24 bits per heavy atom. The fraction of sp³-hybridized carbons (Fsp3) is 0.467. The van der Waals surface area contributed by atoms with Crippen LogP contribution in [0.4, 0.5) is 0 Å². The van der Waals surface area contributed by atoms with Crippen LogP contribution in [0.25, 0.3) is 10.9 Å². The van der Waals surface area contributed by atoms with Gasteiger partial charge in [0.05, 0.1) is 6.10 Å². The third kappa shape index (κ3) is 2.22. The highest BCUT2D eigenvalue weighted by molar-refractivity contribution is 5.87. The number of rotatable bonds is 3. The summed E-state index contributed by atoms with van der Waals surface area (Å²) in [6.45, 7) is 8.38. The van der Waals surface area contributed by atoms with E-state index < -0.39 is 0 Å². The molecule has 2 rings (SSSR count). The Morgan fingerprint density at radius 2 is 1.94 bits per heavy atom. The Bertz CT molecular complexity index is 523. The average molecular weight is 231 g/mol. The van der Waals surface area contributed by atoms with Gasteiger partial charge in [-0.05, 0) is 51.3 Å². The molecule has 0 aliphatic carbocycles. The van der Waals surface area contributed by atoms with Crippen molar-refractivity contribution in [2.24, 2.45) is 0 Å². The summed E-state index contributed by atoms with van der Waals surface area (Å²) in [6.07, 6.45) is 2.64. The number of aliphatic hydroxyl groups is 1. The van der Waals surface area contributed by atoms with Gasteiger partial charge < -0.3 is 9.67 Å². The number of hydrogen-bond acceptors (Lipinski definition) is 1. The van der Waals surface area contributed by atoms with Gasteiger partial charge in [-0.25, -0.2) is 0 Å². The second kappa shape index (κ2) is 4.53. The Hall–Kier alpha value is -1.28. The summed E-state index contributed by atoms with van der Waals surface area (Å²) in [5, 5.41) is 10.9. The Labute approximate surface area is 103 Å². The highest BCUT2D eigenvalue weighted by Crippen LogP contribution is 2.28. The lowest BCUT2D eigenvalue weighted by atomic mass is 10.0. The molecule has 0 bridgehead atoms. The largest absolute Gasteiger partial charge is 0.393 e. The van der Waals surface area contributed by atoms with Gasteiger partial charge in [0.2, 0.25) is 0 Å². The molecule has 0 saturated heterocycles. The molecule has 1 heterocycles. The van der Waals surface area contributed by atoms with Crippen LogP contribution in [0, 0.1) is 6.92 Å². The normalized spacial score (nSPS) is 13.5. The zero-order valence-corrected chi connectivity index (χ0v) is 11.1. The van der Waals surface area contributed by atoms with Gasteiger partial charge in [-0.15, -0.1) is 0 Å². The number of aliphatic hydroxyl groups excluding tert-OH is 1. The van der Waals surface area contributed by atoms with Crippen LogP contribution in [-0.2, 0) is 6.42 Å². The quantitative estimate of drug-likeness (QED) is 0.860. The minimum Gasteiger partial charge on any atom is -0.393 e. The highest BCUT2D eigenvalue weighted by atomic mass is 16.3. The van der Waals surface area contributed by atoms with Crippen LogP contribution in [0.5, 0.6) is 0 Å². The van der Waals surface area contributed by atoms with Crippen molar-refractivity contribution in [1.82, 2.24) is 4.57 Å². The maximum absolute atomic E-state index is 9.57. The van der Waals surface area contributed by atoms with Gasteiger partial charge in [-0.1, -0.05) is 12.1 Å². The fourth-order valence-electron chi connectivity index (χ4n) is 2.52. The SMILES string of the molecule is Cc1cn(C(C)C)c2cccc(CC(C)O)c12. The van der Waals surface area contributed by atoms with Crippen LogP contribution < -0.4 is 0 Å². The number of benzene rings is 1. The van der Waals surface area contributed by atoms with Crippen LogP contribution in [0.3, 0.4) is 0 Å². The predicted octanol–water partition coefficient (Wildman–Crippen LogP) is 3.45. The van der Waals surface area contributed by atoms with E-state index in [0.29, 0.717) is 6.04 Å². The summed E-state index contributed by atoms with van der Waals surface area (Å²) in [5.41, 5.74) is 3.81. The Balaban J connectivity index is 2.64. The molecule has 0 aliphatic heterocycles. The van der Waals surface area contributed by atoms with E-state index in [1.54, 1.807) is 0 Å². The number of nitrogens with zero attached hydrogens (tertiary/aromatic N) is 1. The van der Waals surface area contributed by atoms with Crippen molar-refractivity contribution in [3.8, 4) is 0 Å². The summed E-state index contributed by atoms with van der Waals surface area (Å²) in [6, 6.07) is 6.83. The molecule has 2 aromatic rings. The van der Waals surface area contributed by atoms with Gasteiger partial charge in [-0.2, -0.15) is 0 Å². The van der Waals surface area contributed by atoms with Gasteiger partial charge in [0.15, 0.2) is 0 Å². The average Bonchev–Trinajstić information content (AvgIpc) is 2.56. The number of hydrogen-bond donors (Lipinski definition) is 1. The number of aromatic nitrogens is 1. The lowest BCUT2D eigenvalue weighted by molar-refractivity contribution is 0.196. The van der Waals surface area contributed by atoms with E-state index in [9.17, 15) is 5.11 Å². The van der Waals surface area contributed by atoms with Gasteiger partial charge in [0.1, 0.15) is 0 Å². The number of aryl methyl sites for hydroxylation is 1. The lowest BCUT2D eigenvalue weighted by Crippen LogP contribution is -2.05. The van der Waals surface area contributed by atoms with Crippen molar-refractivity contribution in [2.75, 3.05) is 0 Å². The summed E-state index contributed by atoms with van der Waals surface area (Å²) in [7, 11) is 0. The minimum atomic E-state index is -0.289. The van der Waals surface area contributed by atoms with Crippen LogP contribution in [0.15, 0.2) is 24.4 Å². The van der Waals surface area contributed by atoms with Gasteiger partial charge in [0.25, 0.3) is 0 Å². The van der Waals surface area contributed by atoms with Crippen molar-refractivity contribution in [2.45, 2.75) is 46.3 Å². The molecule has 0 radical (unpaired) electrons. The minimum absolute atomic E-state index is 0.289. The molecule has 1 atom stereocenters. The zero-order valence-electron chi connectivity index (χ0n) is 11.1. The molecule has 0 spiro atoms. The van der Waals surface area contributed by atoms with Crippen molar-refractivity contribution >= 4 is 10.9 Å².